The monoisotopic (exact) mass is 1020 g/mol. The molecule has 0 N–H and O–H groups in total. The van der Waals surface area contributed by atoms with E-state index in [0.29, 0.717) is 11.5 Å². The summed E-state index contributed by atoms with van der Waals surface area (Å²) in [6.07, 6.45) is 2.04. The van der Waals surface area contributed by atoms with Crippen molar-refractivity contribution in [2.45, 2.75) is 105 Å². The van der Waals surface area contributed by atoms with Crippen molar-refractivity contribution in [1.29, 1.82) is 0 Å². The molecule has 0 atom stereocenters. The van der Waals surface area contributed by atoms with Crippen molar-refractivity contribution in [2.75, 3.05) is 9.80 Å². The second-order valence-corrected chi connectivity index (χ2v) is 21.2. The number of hydrogen-bond donors (Lipinski definition) is 0. The number of aromatic nitrogens is 2. The Morgan fingerprint density at radius 3 is 1.78 bits per heavy atom. The Kier molecular flexibility index (Phi) is 11.5. The summed E-state index contributed by atoms with van der Waals surface area (Å²) in [4.78, 5) is 9.68. The maximum atomic E-state index is 6.67. The number of hydrogen-bond acceptors (Lipinski definition) is 4. The fraction of sp³-hybridized carbons (Fsp3) is 0.276. The Morgan fingerprint density at radius 1 is 0.531 bits per heavy atom. The predicted octanol–water partition coefficient (Wildman–Crippen LogP) is 15.8. The molecule has 0 bridgehead atoms. The fourth-order valence-electron chi connectivity index (χ4n) is 8.62. The third-order valence-electron chi connectivity index (χ3n) is 12.3. The number of ether oxygens (including phenoxy) is 1. The molecule has 1 aliphatic rings. The Labute approximate surface area is 395 Å². The molecule has 6 aromatic carbocycles. The minimum Gasteiger partial charge on any atom is -0.509 e. The molecule has 2 aromatic heterocycles. The first-order chi connectivity index (χ1) is 29.7. The van der Waals surface area contributed by atoms with Crippen molar-refractivity contribution in [3.05, 3.63) is 175 Å². The summed E-state index contributed by atoms with van der Waals surface area (Å²) in [6, 6.07) is 52.8. The van der Waals surface area contributed by atoms with E-state index in [2.05, 4.69) is 225 Å². The SMILES string of the molecule is CC(C)(C)c1ccc(-c2cnc(-n3c4[c-]c(Oc5[c-]c(N6[CH-]N(c7cc(C(C)(C)C)cc(C(C)(C)C)c7)c7ccccc76)ccc5)ccc4c4ccccc43)cc2C(C)(C)C)cc1.[Pt]. The molecule has 0 saturated carbocycles. The van der Waals surface area contributed by atoms with Gasteiger partial charge in [0.2, 0.25) is 0 Å². The Hall–Kier alpha value is -5.64. The second-order valence-electron chi connectivity index (χ2n) is 21.2. The smallest absolute Gasteiger partial charge is 0.135 e. The molecule has 8 aromatic rings. The van der Waals surface area contributed by atoms with Gasteiger partial charge in [-0.05, 0) is 91.3 Å². The van der Waals surface area contributed by atoms with Gasteiger partial charge in [0.15, 0.2) is 0 Å². The first-order valence-electron chi connectivity index (χ1n) is 22.2. The van der Waals surface area contributed by atoms with Crippen molar-refractivity contribution < 1.29 is 25.8 Å². The molecular formula is C58H59N4OPt-3. The average molecular weight is 1020 g/mol. The van der Waals surface area contributed by atoms with Crippen molar-refractivity contribution in [3.8, 4) is 28.4 Å². The van der Waals surface area contributed by atoms with Gasteiger partial charge in [-0.3, -0.25) is 0 Å². The first kappa shape index (κ1) is 44.9. The van der Waals surface area contributed by atoms with Crippen LogP contribution in [0.5, 0.6) is 11.5 Å². The molecule has 9 rings (SSSR count). The number of fused-ring (bicyclic) bond motifs is 4. The number of pyridine rings is 1. The van der Waals surface area contributed by atoms with Crippen LogP contribution in [0.2, 0.25) is 0 Å². The summed E-state index contributed by atoms with van der Waals surface area (Å²) in [6.45, 7) is 29.5. The van der Waals surface area contributed by atoms with Crippen LogP contribution in [0.15, 0.2) is 134 Å². The van der Waals surface area contributed by atoms with Crippen LogP contribution in [-0.2, 0) is 42.7 Å². The molecule has 0 fully saturated rings. The van der Waals surface area contributed by atoms with Gasteiger partial charge in [-0.2, -0.15) is 12.1 Å². The quantitative estimate of drug-likeness (QED) is 0.155. The van der Waals surface area contributed by atoms with E-state index in [1.54, 1.807) is 0 Å². The van der Waals surface area contributed by atoms with E-state index in [4.69, 9.17) is 9.72 Å². The first-order valence-corrected chi connectivity index (χ1v) is 22.2. The fourth-order valence-corrected chi connectivity index (χ4v) is 8.62. The van der Waals surface area contributed by atoms with E-state index in [1.807, 2.05) is 24.4 Å². The maximum absolute atomic E-state index is 6.67. The standard InChI is InChI=1S/C58H59N4O.Pt/c1-55(2,3)39-26-24-38(25-27-39)48-36-59-54(35-49(48)58(10,11)12)62-50-21-14-13-20-46(50)47-29-28-45(34-53(47)62)63-44-19-17-18-42(33-44)60-37-61(52-23-16-15-22-51(52)60)43-31-40(56(4,5)6)30-41(32-43)57(7,8)9;/h13-32,35-37H,1-12H3;/q-3;. The molecule has 0 unspecified atom stereocenters. The third kappa shape index (κ3) is 8.52. The second kappa shape index (κ2) is 16.4. The molecule has 330 valence electrons. The summed E-state index contributed by atoms with van der Waals surface area (Å²) < 4.78 is 8.89. The van der Waals surface area contributed by atoms with Crippen LogP contribution >= 0.6 is 0 Å². The largest absolute Gasteiger partial charge is 0.509 e. The van der Waals surface area contributed by atoms with E-state index in [0.717, 1.165) is 55.9 Å². The van der Waals surface area contributed by atoms with Gasteiger partial charge in [0.25, 0.3) is 0 Å². The number of anilines is 4. The zero-order chi connectivity index (χ0) is 44.6. The molecule has 0 amide bonds. The van der Waals surface area contributed by atoms with Crippen LogP contribution in [0.25, 0.3) is 38.8 Å². The van der Waals surface area contributed by atoms with Crippen molar-refractivity contribution in [3.63, 3.8) is 0 Å². The molecule has 6 heteroatoms. The molecule has 64 heavy (non-hydrogen) atoms. The Balaban J connectivity index is 0.00000560. The van der Waals surface area contributed by atoms with Gasteiger partial charge in [0.1, 0.15) is 5.82 Å². The molecule has 0 saturated heterocycles. The van der Waals surface area contributed by atoms with Gasteiger partial charge >= 0.3 is 0 Å². The van der Waals surface area contributed by atoms with Gasteiger partial charge in [-0.1, -0.05) is 149 Å². The van der Waals surface area contributed by atoms with E-state index < -0.39 is 0 Å². The summed E-state index contributed by atoms with van der Waals surface area (Å²) >= 11 is 0. The number of benzene rings is 6. The normalized spacial score (nSPS) is 13.4. The van der Waals surface area contributed by atoms with Crippen LogP contribution in [0.1, 0.15) is 105 Å². The van der Waals surface area contributed by atoms with Crippen LogP contribution in [0, 0.1) is 18.8 Å². The van der Waals surface area contributed by atoms with Gasteiger partial charge < -0.3 is 19.1 Å². The molecule has 0 aliphatic carbocycles. The van der Waals surface area contributed by atoms with Crippen LogP contribution in [-0.4, -0.2) is 9.55 Å². The van der Waals surface area contributed by atoms with E-state index >= 15 is 0 Å². The van der Waals surface area contributed by atoms with Crippen LogP contribution in [0.3, 0.4) is 0 Å². The van der Waals surface area contributed by atoms with Crippen molar-refractivity contribution in [1.82, 2.24) is 9.55 Å². The molecule has 0 spiro atoms. The molecule has 1 aliphatic heterocycles. The summed E-state index contributed by atoms with van der Waals surface area (Å²) in [5, 5.41) is 2.23. The van der Waals surface area contributed by atoms with E-state index in [1.165, 1.54) is 27.8 Å². The van der Waals surface area contributed by atoms with Gasteiger partial charge in [0.05, 0.1) is 0 Å². The van der Waals surface area contributed by atoms with E-state index in [9.17, 15) is 0 Å². The summed E-state index contributed by atoms with van der Waals surface area (Å²) in [5.74, 6) is 2.06. The predicted molar refractivity (Wildman–Crippen MR) is 264 cm³/mol. The topological polar surface area (TPSA) is 33.5 Å². The molecule has 3 heterocycles. The van der Waals surface area contributed by atoms with Gasteiger partial charge in [0, 0.05) is 66.9 Å². The third-order valence-corrected chi connectivity index (χ3v) is 12.3. The minimum absolute atomic E-state index is 0. The number of para-hydroxylation sites is 3. The molecule has 0 radical (unpaired) electrons. The Bertz CT molecular complexity index is 2970. The van der Waals surface area contributed by atoms with Crippen molar-refractivity contribution >= 4 is 44.6 Å². The van der Waals surface area contributed by atoms with Crippen molar-refractivity contribution in [2.24, 2.45) is 0 Å². The zero-order valence-corrected chi connectivity index (χ0v) is 41.6. The van der Waals surface area contributed by atoms with Crippen LogP contribution < -0.4 is 14.5 Å². The molecule has 5 nitrogen and oxygen atoms in total. The maximum Gasteiger partial charge on any atom is 0.135 e. The average Bonchev–Trinajstić information content (AvgIpc) is 3.78. The molecular weight excluding hydrogens is 964 g/mol. The Morgan fingerprint density at radius 2 is 1.14 bits per heavy atom. The zero-order valence-electron chi connectivity index (χ0n) is 39.3. The van der Waals surface area contributed by atoms with Crippen LogP contribution in [0.4, 0.5) is 22.7 Å². The van der Waals surface area contributed by atoms with Gasteiger partial charge in [-0.15, -0.1) is 48.1 Å². The van der Waals surface area contributed by atoms with Gasteiger partial charge in [-0.25, -0.2) is 4.98 Å². The number of rotatable bonds is 6. The minimum atomic E-state index is -0.135. The summed E-state index contributed by atoms with van der Waals surface area (Å²) in [5.41, 5.74) is 13.6. The number of nitrogens with zero attached hydrogens (tertiary/aromatic N) is 4. The summed E-state index contributed by atoms with van der Waals surface area (Å²) in [7, 11) is 0. The van der Waals surface area contributed by atoms with E-state index in [-0.39, 0.29) is 42.7 Å².